The van der Waals surface area contributed by atoms with Crippen LogP contribution < -0.4 is 10.1 Å². The highest BCUT2D eigenvalue weighted by atomic mass is 35.5. The Bertz CT molecular complexity index is 1140. The predicted octanol–water partition coefficient (Wildman–Crippen LogP) is 3.53. The number of alkyl halides is 3. The fourth-order valence-electron chi connectivity index (χ4n) is 3.81. The fourth-order valence-corrected chi connectivity index (χ4v) is 5.72. The summed E-state index contributed by atoms with van der Waals surface area (Å²) in [5, 5.41) is 4.09. The number of para-hydroxylation sites is 1. The summed E-state index contributed by atoms with van der Waals surface area (Å²) in [7, 11) is -3.72. The van der Waals surface area contributed by atoms with Crippen LogP contribution in [0.5, 0.6) is 5.75 Å². The fraction of sp³-hybridized carbons (Fsp3) is 0.350. The second-order valence-electron chi connectivity index (χ2n) is 7.69. The molecule has 0 radical (unpaired) electrons. The Morgan fingerprint density at radius 1 is 1.12 bits per heavy atom. The Balaban J connectivity index is 1.30. The zero-order chi connectivity index (χ0) is 23.9. The lowest BCUT2D eigenvalue weighted by Crippen LogP contribution is -2.77. The average Bonchev–Trinajstić information content (AvgIpc) is 2.67. The Morgan fingerprint density at radius 2 is 1.79 bits per heavy atom. The number of hydrogen-bond acceptors (Lipinski definition) is 6. The Kier molecular flexibility index (Phi) is 6.20. The molecule has 0 saturated carbocycles. The van der Waals surface area contributed by atoms with Gasteiger partial charge in [0.1, 0.15) is 5.75 Å². The van der Waals surface area contributed by atoms with Gasteiger partial charge in [0.15, 0.2) is 0 Å². The van der Waals surface area contributed by atoms with Crippen molar-refractivity contribution in [2.45, 2.75) is 29.8 Å². The molecule has 2 saturated heterocycles. The van der Waals surface area contributed by atoms with Gasteiger partial charge in [0.2, 0.25) is 10.0 Å². The molecule has 2 heterocycles. The van der Waals surface area contributed by atoms with E-state index in [9.17, 15) is 26.4 Å². The normalized spacial score (nSPS) is 18.3. The number of nitrogens with zero attached hydrogens (tertiary/aromatic N) is 2. The number of nitrogens with one attached hydrogen (secondary N) is 1. The highest BCUT2D eigenvalue weighted by Crippen LogP contribution is 2.43. The first-order chi connectivity index (χ1) is 15.5. The number of carbonyl (C=O) groups is 1. The van der Waals surface area contributed by atoms with Crippen LogP contribution in [0.2, 0.25) is 5.02 Å². The van der Waals surface area contributed by atoms with Crippen molar-refractivity contribution in [1.82, 2.24) is 14.7 Å². The van der Waals surface area contributed by atoms with E-state index in [1.54, 1.807) is 0 Å². The monoisotopic (exact) mass is 505 g/mol. The molecule has 4 rings (SSSR count). The number of rotatable bonds is 6. The van der Waals surface area contributed by atoms with Gasteiger partial charge >= 0.3 is 12.5 Å². The number of halogens is 4. The van der Waals surface area contributed by atoms with E-state index in [-0.39, 0.29) is 30.1 Å². The minimum Gasteiger partial charge on any atom is -0.405 e. The van der Waals surface area contributed by atoms with Gasteiger partial charge in [-0.3, -0.25) is 0 Å². The minimum atomic E-state index is -4.86. The van der Waals surface area contributed by atoms with E-state index in [0.29, 0.717) is 18.0 Å². The van der Waals surface area contributed by atoms with E-state index in [4.69, 9.17) is 16.4 Å². The van der Waals surface area contributed by atoms with Crippen molar-refractivity contribution in [3.8, 4) is 5.75 Å². The average molecular weight is 506 g/mol. The number of ether oxygens (including phenoxy) is 1. The summed E-state index contributed by atoms with van der Waals surface area (Å²) in [4.78, 5) is 17.4. The molecule has 0 bridgehead atoms. The van der Waals surface area contributed by atoms with Gasteiger partial charge in [-0.15, -0.1) is 18.2 Å². The van der Waals surface area contributed by atoms with Crippen LogP contribution in [-0.2, 0) is 21.4 Å². The molecule has 0 aliphatic carbocycles. The molecular weight excluding hydrogens is 487 g/mol. The quantitative estimate of drug-likeness (QED) is 0.646. The third-order valence-corrected chi connectivity index (χ3v) is 7.76. The molecule has 178 valence electrons. The van der Waals surface area contributed by atoms with Crippen molar-refractivity contribution in [3.63, 3.8) is 0 Å². The van der Waals surface area contributed by atoms with Crippen LogP contribution in [0.1, 0.15) is 12.0 Å². The Hall–Kier alpha value is -2.54. The lowest BCUT2D eigenvalue weighted by atomic mass is 9.82. The summed E-state index contributed by atoms with van der Waals surface area (Å²) in [6.45, 7) is 0.462. The number of hydrogen-bond donors (Lipinski definition) is 1. The topological polar surface area (TPSA) is 88.2 Å². The maximum absolute atomic E-state index is 12.9. The molecular formula is C20H19ClF3N3O5S. The van der Waals surface area contributed by atoms with E-state index in [1.807, 2.05) is 0 Å². The summed E-state index contributed by atoms with van der Waals surface area (Å²) in [6, 6.07) is 11.3. The van der Waals surface area contributed by atoms with Crippen molar-refractivity contribution in [2.24, 2.45) is 0 Å². The van der Waals surface area contributed by atoms with E-state index in [0.717, 1.165) is 6.07 Å². The van der Waals surface area contributed by atoms with Gasteiger partial charge in [0.05, 0.1) is 23.5 Å². The number of carbonyl (C=O) groups excluding carboxylic acids is 1. The predicted molar refractivity (Wildman–Crippen MR) is 111 cm³/mol. The summed E-state index contributed by atoms with van der Waals surface area (Å²) in [6.07, 6.45) is -5.12. The molecule has 2 aliphatic heterocycles. The molecule has 33 heavy (non-hydrogen) atoms. The highest BCUT2D eigenvalue weighted by molar-refractivity contribution is 7.89. The zero-order valence-corrected chi connectivity index (χ0v) is 18.6. The van der Waals surface area contributed by atoms with Crippen LogP contribution in [0.15, 0.2) is 53.4 Å². The Morgan fingerprint density at radius 3 is 2.39 bits per heavy atom. The Labute approximate surface area is 192 Å². The molecule has 2 fully saturated rings. The van der Waals surface area contributed by atoms with Crippen molar-refractivity contribution in [2.75, 3.05) is 19.6 Å². The third-order valence-electron chi connectivity index (χ3n) is 5.49. The van der Waals surface area contributed by atoms with Gasteiger partial charge in [-0.05, 0) is 36.8 Å². The SMILES string of the molecule is O=C(NCc1ccccc1OC(F)(F)F)ON1CC2(CCN2S(=O)(=O)c2ccc(Cl)cc2)C1. The molecule has 1 amide bonds. The molecule has 13 heteroatoms. The molecule has 8 nitrogen and oxygen atoms in total. The molecule has 1 N–H and O–H groups in total. The summed E-state index contributed by atoms with van der Waals surface area (Å²) in [5.74, 6) is -0.425. The smallest absolute Gasteiger partial charge is 0.405 e. The maximum Gasteiger partial charge on any atom is 0.573 e. The van der Waals surface area contributed by atoms with Crippen LogP contribution in [0.3, 0.4) is 0 Å². The first-order valence-corrected chi connectivity index (χ1v) is 11.6. The molecule has 0 aromatic heterocycles. The van der Waals surface area contributed by atoms with Crippen molar-refractivity contribution >= 4 is 27.7 Å². The number of hydroxylamine groups is 2. The standard InChI is InChI=1S/C20H19ClF3N3O5S/c21-15-5-7-16(8-6-15)33(29,30)27-10-9-19(27)12-26(13-19)32-18(28)25-11-14-3-1-2-4-17(14)31-20(22,23)24/h1-8H,9-13H2,(H,25,28). The van der Waals surface area contributed by atoms with Gasteiger partial charge in [-0.25, -0.2) is 13.2 Å². The van der Waals surface area contributed by atoms with E-state index < -0.39 is 33.8 Å². The minimum absolute atomic E-state index is 0.117. The first kappa shape index (κ1) is 23.6. The summed E-state index contributed by atoms with van der Waals surface area (Å²) in [5.41, 5.74) is -0.544. The molecule has 0 unspecified atom stereocenters. The molecule has 1 spiro atoms. The lowest BCUT2D eigenvalue weighted by molar-refractivity contribution is -0.274. The first-order valence-electron chi connectivity index (χ1n) is 9.81. The zero-order valence-electron chi connectivity index (χ0n) is 17.0. The molecule has 2 aliphatic rings. The molecule has 0 atom stereocenters. The second-order valence-corrected chi connectivity index (χ2v) is 9.99. The third kappa shape index (κ3) is 5.03. The molecule has 2 aromatic carbocycles. The van der Waals surface area contributed by atoms with Crippen molar-refractivity contribution < 1.29 is 36.0 Å². The number of amides is 1. The summed E-state index contributed by atoms with van der Waals surface area (Å²) < 4.78 is 68.7. The van der Waals surface area contributed by atoms with Gasteiger partial charge in [-0.1, -0.05) is 29.8 Å². The van der Waals surface area contributed by atoms with Gasteiger partial charge < -0.3 is 14.9 Å². The van der Waals surface area contributed by atoms with Gasteiger partial charge in [0.25, 0.3) is 0 Å². The lowest BCUT2D eigenvalue weighted by Gasteiger charge is -2.59. The van der Waals surface area contributed by atoms with E-state index in [2.05, 4.69) is 10.1 Å². The van der Waals surface area contributed by atoms with Crippen molar-refractivity contribution in [3.05, 3.63) is 59.1 Å². The van der Waals surface area contributed by atoms with Crippen LogP contribution in [0.25, 0.3) is 0 Å². The maximum atomic E-state index is 12.9. The van der Waals surface area contributed by atoms with Gasteiger partial charge in [-0.2, -0.15) is 4.31 Å². The van der Waals surface area contributed by atoms with Gasteiger partial charge in [0, 0.05) is 23.7 Å². The van der Waals surface area contributed by atoms with Crippen LogP contribution >= 0.6 is 11.6 Å². The molecule has 2 aromatic rings. The number of sulfonamides is 1. The largest absolute Gasteiger partial charge is 0.573 e. The second kappa shape index (κ2) is 8.67. The van der Waals surface area contributed by atoms with Crippen LogP contribution in [-0.4, -0.2) is 55.4 Å². The van der Waals surface area contributed by atoms with E-state index >= 15 is 0 Å². The van der Waals surface area contributed by atoms with E-state index in [1.165, 1.54) is 51.8 Å². The summed E-state index contributed by atoms with van der Waals surface area (Å²) >= 11 is 5.83. The van der Waals surface area contributed by atoms with Crippen molar-refractivity contribution in [1.29, 1.82) is 0 Å². The van der Waals surface area contributed by atoms with Crippen LogP contribution in [0.4, 0.5) is 18.0 Å². The van der Waals surface area contributed by atoms with Crippen LogP contribution in [0, 0.1) is 0 Å². The highest BCUT2D eigenvalue weighted by Gasteiger charge is 2.59. The number of benzene rings is 2.